The van der Waals surface area contributed by atoms with Gasteiger partial charge in [-0.05, 0) is 18.2 Å². The molecule has 0 aliphatic rings. The minimum absolute atomic E-state index is 0.160. The molecule has 0 bridgehead atoms. The predicted octanol–water partition coefficient (Wildman–Crippen LogP) is 5.00. The van der Waals surface area contributed by atoms with Gasteiger partial charge < -0.3 is 9.15 Å². The van der Waals surface area contributed by atoms with Gasteiger partial charge in [0, 0.05) is 5.39 Å². The minimum atomic E-state index is -0.198. The summed E-state index contributed by atoms with van der Waals surface area (Å²) < 4.78 is 10.8. The summed E-state index contributed by atoms with van der Waals surface area (Å²) in [5, 5.41) is 1.50. The number of benzene rings is 2. The summed E-state index contributed by atoms with van der Waals surface area (Å²) in [7, 11) is 0. The third kappa shape index (κ3) is 2.75. The Balaban J connectivity index is 1.81. The van der Waals surface area contributed by atoms with Crippen LogP contribution in [-0.4, -0.2) is 12.4 Å². The fourth-order valence-electron chi connectivity index (χ4n) is 2.03. The summed E-state index contributed by atoms with van der Waals surface area (Å²) in [5.74, 6) is 0.109. The molecule has 0 unspecified atom stereocenters. The van der Waals surface area contributed by atoms with E-state index in [0.717, 1.165) is 5.39 Å². The summed E-state index contributed by atoms with van der Waals surface area (Å²) in [6.45, 7) is -0.160. The van der Waals surface area contributed by atoms with E-state index in [0.29, 0.717) is 26.9 Å². The number of fused-ring (bicyclic) bond motifs is 1. The topological polar surface area (TPSA) is 39.4 Å². The number of hydrogen-bond donors (Lipinski definition) is 0. The van der Waals surface area contributed by atoms with Crippen LogP contribution in [0.4, 0.5) is 0 Å². The number of carbonyl (C=O) groups is 1. The lowest BCUT2D eigenvalue weighted by molar-refractivity contribution is 0.0922. The van der Waals surface area contributed by atoms with Crippen LogP contribution in [0.3, 0.4) is 0 Å². The minimum Gasteiger partial charge on any atom is -0.482 e. The van der Waals surface area contributed by atoms with E-state index in [-0.39, 0.29) is 12.4 Å². The van der Waals surface area contributed by atoms with E-state index in [4.69, 9.17) is 32.4 Å². The van der Waals surface area contributed by atoms with Crippen LogP contribution in [0.15, 0.2) is 53.1 Å². The third-order valence-electron chi connectivity index (χ3n) is 3.05. The summed E-state index contributed by atoms with van der Waals surface area (Å²) >= 11 is 12.0. The summed E-state index contributed by atoms with van der Waals surface area (Å²) in [6, 6.07) is 12.3. The molecule has 1 aromatic heterocycles. The second-order valence-electron chi connectivity index (χ2n) is 4.41. The molecule has 5 heteroatoms. The molecule has 0 saturated carbocycles. The molecular weight excluding hydrogens is 311 g/mol. The monoisotopic (exact) mass is 320 g/mol. The molecular formula is C16H10Cl2O3. The number of hydrogen-bond acceptors (Lipinski definition) is 3. The number of carbonyl (C=O) groups excluding carboxylic acids is 1. The van der Waals surface area contributed by atoms with Crippen molar-refractivity contribution in [3.63, 3.8) is 0 Å². The van der Waals surface area contributed by atoms with E-state index >= 15 is 0 Å². The van der Waals surface area contributed by atoms with Crippen molar-refractivity contribution in [2.45, 2.75) is 0 Å². The first-order chi connectivity index (χ1) is 10.2. The zero-order valence-electron chi connectivity index (χ0n) is 10.8. The maximum atomic E-state index is 12.2. The SMILES string of the molecule is O=C(COc1c(Cl)cccc1Cl)c1coc2ccccc12. The van der Waals surface area contributed by atoms with Gasteiger partial charge in [-0.1, -0.05) is 47.5 Å². The fraction of sp³-hybridized carbons (Fsp3) is 0.0625. The lowest BCUT2D eigenvalue weighted by atomic mass is 10.1. The van der Waals surface area contributed by atoms with Crippen LogP contribution in [0.5, 0.6) is 5.75 Å². The van der Waals surface area contributed by atoms with Crippen LogP contribution in [0.1, 0.15) is 10.4 Å². The van der Waals surface area contributed by atoms with Gasteiger partial charge in [-0.15, -0.1) is 0 Å². The lowest BCUT2D eigenvalue weighted by Gasteiger charge is -2.08. The highest BCUT2D eigenvalue weighted by molar-refractivity contribution is 6.37. The van der Waals surface area contributed by atoms with E-state index in [1.165, 1.54) is 6.26 Å². The molecule has 0 aliphatic heterocycles. The van der Waals surface area contributed by atoms with Gasteiger partial charge in [0.2, 0.25) is 5.78 Å². The average Bonchev–Trinajstić information content (AvgIpc) is 2.90. The average molecular weight is 321 g/mol. The first-order valence-corrected chi connectivity index (χ1v) is 6.98. The van der Waals surface area contributed by atoms with Crippen LogP contribution in [0.25, 0.3) is 11.0 Å². The van der Waals surface area contributed by atoms with Gasteiger partial charge in [0.1, 0.15) is 11.8 Å². The van der Waals surface area contributed by atoms with Crippen LogP contribution >= 0.6 is 23.2 Å². The Hall–Kier alpha value is -1.97. The molecule has 1 heterocycles. The molecule has 3 aromatic rings. The Morgan fingerprint density at radius 1 is 1.05 bits per heavy atom. The number of para-hydroxylation sites is 2. The Morgan fingerprint density at radius 3 is 2.52 bits per heavy atom. The van der Waals surface area contributed by atoms with Gasteiger partial charge in [0.15, 0.2) is 12.4 Å². The van der Waals surface area contributed by atoms with Crippen LogP contribution in [0, 0.1) is 0 Å². The first kappa shape index (κ1) is 14.0. The number of ether oxygens (including phenoxy) is 1. The van der Waals surface area contributed by atoms with Crippen molar-refractivity contribution in [3.05, 3.63) is 64.3 Å². The molecule has 3 nitrogen and oxygen atoms in total. The van der Waals surface area contributed by atoms with Crippen molar-refractivity contribution < 1.29 is 13.9 Å². The van der Waals surface area contributed by atoms with Gasteiger partial charge in [0.25, 0.3) is 0 Å². The number of ketones is 1. The first-order valence-electron chi connectivity index (χ1n) is 6.23. The van der Waals surface area contributed by atoms with Crippen molar-refractivity contribution in [2.24, 2.45) is 0 Å². The van der Waals surface area contributed by atoms with Gasteiger partial charge in [0.05, 0.1) is 15.6 Å². The number of rotatable bonds is 4. The van der Waals surface area contributed by atoms with Gasteiger partial charge in [-0.2, -0.15) is 0 Å². The molecule has 0 fully saturated rings. The molecule has 0 amide bonds. The zero-order chi connectivity index (χ0) is 14.8. The Labute approximate surface area is 131 Å². The fourth-order valence-corrected chi connectivity index (χ4v) is 2.54. The summed E-state index contributed by atoms with van der Waals surface area (Å²) in [6.07, 6.45) is 1.44. The summed E-state index contributed by atoms with van der Waals surface area (Å²) in [4.78, 5) is 12.2. The van der Waals surface area contributed by atoms with Gasteiger partial charge in [-0.3, -0.25) is 4.79 Å². The second-order valence-corrected chi connectivity index (χ2v) is 5.22. The zero-order valence-corrected chi connectivity index (χ0v) is 12.3. The number of halogens is 2. The highest BCUT2D eigenvalue weighted by Gasteiger charge is 2.15. The molecule has 0 N–H and O–H groups in total. The molecule has 0 atom stereocenters. The van der Waals surface area contributed by atoms with E-state index in [1.54, 1.807) is 24.3 Å². The smallest absolute Gasteiger partial charge is 0.204 e. The van der Waals surface area contributed by atoms with Crippen molar-refractivity contribution >= 4 is 40.0 Å². The van der Waals surface area contributed by atoms with E-state index in [2.05, 4.69) is 0 Å². The third-order valence-corrected chi connectivity index (χ3v) is 3.64. The molecule has 3 rings (SSSR count). The van der Waals surface area contributed by atoms with Crippen LogP contribution < -0.4 is 4.74 Å². The van der Waals surface area contributed by atoms with Crippen molar-refractivity contribution in [1.29, 1.82) is 0 Å². The molecule has 106 valence electrons. The predicted molar refractivity (Wildman–Crippen MR) is 82.5 cm³/mol. The van der Waals surface area contributed by atoms with Crippen molar-refractivity contribution in [2.75, 3.05) is 6.61 Å². The molecule has 0 radical (unpaired) electrons. The van der Waals surface area contributed by atoms with Gasteiger partial charge in [-0.25, -0.2) is 0 Å². The normalized spacial score (nSPS) is 10.8. The standard InChI is InChI=1S/C16H10Cl2O3/c17-12-5-3-6-13(18)16(12)21-9-14(19)11-8-20-15-7-2-1-4-10(11)15/h1-8H,9H2. The Kier molecular flexibility index (Phi) is 3.86. The van der Waals surface area contributed by atoms with Crippen molar-refractivity contribution in [3.8, 4) is 5.75 Å². The summed E-state index contributed by atoms with van der Waals surface area (Å²) in [5.41, 5.74) is 1.14. The quantitative estimate of drug-likeness (QED) is 0.635. The van der Waals surface area contributed by atoms with Crippen LogP contribution in [-0.2, 0) is 0 Å². The Morgan fingerprint density at radius 2 is 1.76 bits per heavy atom. The highest BCUT2D eigenvalue weighted by Crippen LogP contribution is 2.32. The van der Waals surface area contributed by atoms with Crippen LogP contribution in [0.2, 0.25) is 10.0 Å². The molecule has 0 saturated heterocycles. The largest absolute Gasteiger partial charge is 0.482 e. The van der Waals surface area contributed by atoms with E-state index in [1.807, 2.05) is 18.2 Å². The molecule has 0 aliphatic carbocycles. The van der Waals surface area contributed by atoms with Crippen molar-refractivity contribution in [1.82, 2.24) is 0 Å². The molecule has 0 spiro atoms. The molecule has 21 heavy (non-hydrogen) atoms. The number of furan rings is 1. The number of Topliss-reactive ketones (excluding diaryl/α,β-unsaturated/α-hetero) is 1. The van der Waals surface area contributed by atoms with E-state index in [9.17, 15) is 4.79 Å². The maximum Gasteiger partial charge on any atom is 0.204 e. The van der Waals surface area contributed by atoms with Gasteiger partial charge >= 0.3 is 0 Å². The molecule has 2 aromatic carbocycles. The Bertz CT molecular complexity index is 788. The highest BCUT2D eigenvalue weighted by atomic mass is 35.5. The maximum absolute atomic E-state index is 12.2. The van der Waals surface area contributed by atoms with E-state index < -0.39 is 0 Å². The second kappa shape index (κ2) is 5.80. The lowest BCUT2D eigenvalue weighted by Crippen LogP contribution is -2.11.